The molecule has 0 atom stereocenters. The maximum atomic E-state index is 4.78. The maximum Gasteiger partial charge on any atom is 0.156 e. The number of allylic oxidation sites excluding steroid dienone is 1. The van der Waals surface area contributed by atoms with Gasteiger partial charge < -0.3 is 0 Å². The largest absolute Gasteiger partial charge is 0.262 e. The third kappa shape index (κ3) is 2.61. The van der Waals surface area contributed by atoms with Crippen LogP contribution < -0.4 is 10.7 Å². The third-order valence-electron chi connectivity index (χ3n) is 4.17. The zero-order valence-corrected chi connectivity index (χ0v) is 13.6. The van der Waals surface area contributed by atoms with Crippen molar-refractivity contribution in [2.75, 3.05) is 6.54 Å². The fraction of sp³-hybridized carbons (Fsp3) is 0.300. The first-order valence-corrected chi connectivity index (χ1v) is 7.90. The molecule has 2 aromatic rings. The summed E-state index contributed by atoms with van der Waals surface area (Å²) >= 11 is 0. The third-order valence-corrected chi connectivity index (χ3v) is 4.17. The molecule has 1 aliphatic rings. The van der Waals surface area contributed by atoms with Crippen LogP contribution in [-0.4, -0.2) is 11.5 Å². The zero-order valence-electron chi connectivity index (χ0n) is 13.6. The topological polar surface area (TPSA) is 25.2 Å². The Balaban J connectivity index is 2.22. The molecular formula is C20H22N2. The fourth-order valence-corrected chi connectivity index (χ4v) is 2.93. The van der Waals surface area contributed by atoms with Crippen molar-refractivity contribution in [2.45, 2.75) is 33.6 Å². The Morgan fingerprint density at radius 2 is 1.91 bits per heavy atom. The minimum Gasteiger partial charge on any atom is -0.262 e. The lowest BCUT2D eigenvalue weighted by atomic mass is 9.98. The van der Waals surface area contributed by atoms with Crippen molar-refractivity contribution >= 4 is 11.1 Å². The lowest BCUT2D eigenvalue weighted by molar-refractivity contribution is 0.971. The Hall–Kier alpha value is -2.22. The molecule has 0 saturated heterocycles. The van der Waals surface area contributed by atoms with Crippen LogP contribution in [0.4, 0.5) is 0 Å². The van der Waals surface area contributed by atoms with E-state index >= 15 is 0 Å². The number of hydrogen-bond donors (Lipinski definition) is 0. The zero-order chi connectivity index (χ0) is 15.7. The quantitative estimate of drug-likeness (QED) is 0.843. The molecule has 0 aliphatic carbocycles. The molecule has 0 radical (unpaired) electrons. The van der Waals surface area contributed by atoms with E-state index in [2.05, 4.69) is 62.7 Å². The Kier molecular flexibility index (Phi) is 3.93. The molecule has 1 aliphatic heterocycles. The van der Waals surface area contributed by atoms with Crippen LogP contribution in [0.2, 0.25) is 0 Å². The van der Waals surface area contributed by atoms with Crippen molar-refractivity contribution in [3.05, 3.63) is 58.7 Å². The first-order chi connectivity index (χ1) is 10.6. The van der Waals surface area contributed by atoms with Crippen LogP contribution in [0.1, 0.15) is 37.8 Å². The van der Waals surface area contributed by atoms with E-state index in [9.17, 15) is 0 Å². The Bertz CT molecular complexity index is 843. The van der Waals surface area contributed by atoms with Gasteiger partial charge in [0.05, 0.1) is 12.2 Å². The van der Waals surface area contributed by atoms with Crippen molar-refractivity contribution in [1.29, 1.82) is 0 Å². The molecule has 2 heterocycles. The SMILES string of the molecule is C=C(CCC)c1cc(-c2ccc(C)cc2)nc2c1=C(C)CN=2. The molecule has 0 spiro atoms. The first kappa shape index (κ1) is 14.7. The number of nitrogens with zero attached hydrogens (tertiary/aromatic N) is 2. The summed E-state index contributed by atoms with van der Waals surface area (Å²) in [6.45, 7) is 11.5. The molecular weight excluding hydrogens is 268 g/mol. The number of hydrogen-bond acceptors (Lipinski definition) is 2. The predicted octanol–water partition coefficient (Wildman–Crippen LogP) is 3.67. The van der Waals surface area contributed by atoms with Crippen molar-refractivity contribution in [2.24, 2.45) is 4.99 Å². The van der Waals surface area contributed by atoms with E-state index in [0.29, 0.717) is 0 Å². The smallest absolute Gasteiger partial charge is 0.156 e. The molecule has 1 aromatic carbocycles. The van der Waals surface area contributed by atoms with E-state index in [4.69, 9.17) is 4.98 Å². The number of rotatable bonds is 4. The van der Waals surface area contributed by atoms with Crippen LogP contribution >= 0.6 is 0 Å². The van der Waals surface area contributed by atoms with Gasteiger partial charge in [0.25, 0.3) is 0 Å². The monoisotopic (exact) mass is 290 g/mol. The highest BCUT2D eigenvalue weighted by Crippen LogP contribution is 2.21. The van der Waals surface area contributed by atoms with Crippen LogP contribution in [0.5, 0.6) is 0 Å². The average molecular weight is 290 g/mol. The summed E-state index contributed by atoms with van der Waals surface area (Å²) in [4.78, 5) is 9.38. The molecule has 3 rings (SSSR count). The second kappa shape index (κ2) is 5.88. The van der Waals surface area contributed by atoms with Gasteiger partial charge in [0.15, 0.2) is 5.49 Å². The van der Waals surface area contributed by atoms with Gasteiger partial charge in [0, 0.05) is 10.8 Å². The molecule has 2 nitrogen and oxygen atoms in total. The highest BCUT2D eigenvalue weighted by atomic mass is 14.9. The van der Waals surface area contributed by atoms with Gasteiger partial charge in [-0.15, -0.1) is 0 Å². The van der Waals surface area contributed by atoms with Crippen molar-refractivity contribution in [3.8, 4) is 11.3 Å². The van der Waals surface area contributed by atoms with Crippen LogP contribution in [0.3, 0.4) is 0 Å². The van der Waals surface area contributed by atoms with E-state index < -0.39 is 0 Å². The summed E-state index contributed by atoms with van der Waals surface area (Å²) < 4.78 is 0. The van der Waals surface area contributed by atoms with Gasteiger partial charge >= 0.3 is 0 Å². The lowest BCUT2D eigenvalue weighted by Crippen LogP contribution is -2.30. The normalized spacial score (nSPS) is 13.0. The van der Waals surface area contributed by atoms with Gasteiger partial charge in [0.2, 0.25) is 0 Å². The highest BCUT2D eigenvalue weighted by molar-refractivity contribution is 5.72. The summed E-state index contributed by atoms with van der Waals surface area (Å²) in [6.07, 6.45) is 2.11. The molecule has 0 unspecified atom stereocenters. The van der Waals surface area contributed by atoms with Gasteiger partial charge in [0.1, 0.15) is 0 Å². The lowest BCUT2D eigenvalue weighted by Gasteiger charge is -2.09. The molecule has 0 N–H and O–H groups in total. The summed E-state index contributed by atoms with van der Waals surface area (Å²) in [6, 6.07) is 10.7. The summed E-state index contributed by atoms with van der Waals surface area (Å²) in [5.74, 6) is 0. The molecule has 2 heteroatoms. The predicted molar refractivity (Wildman–Crippen MR) is 93.1 cm³/mol. The number of aryl methyl sites for hydroxylation is 1. The van der Waals surface area contributed by atoms with Gasteiger partial charge in [-0.25, -0.2) is 4.98 Å². The summed E-state index contributed by atoms with van der Waals surface area (Å²) in [5, 5.41) is 1.20. The molecule has 22 heavy (non-hydrogen) atoms. The van der Waals surface area contributed by atoms with Gasteiger partial charge in [-0.3, -0.25) is 4.99 Å². The van der Waals surface area contributed by atoms with Crippen molar-refractivity contribution in [1.82, 2.24) is 4.98 Å². The molecule has 112 valence electrons. The molecule has 0 fully saturated rings. The second-order valence-corrected chi connectivity index (χ2v) is 6.07. The Labute approximate surface area is 132 Å². The number of aromatic nitrogens is 1. The highest BCUT2D eigenvalue weighted by Gasteiger charge is 2.13. The van der Waals surface area contributed by atoms with E-state index in [1.807, 2.05) is 0 Å². The van der Waals surface area contributed by atoms with Crippen LogP contribution in [0.15, 0.2) is 41.9 Å². The molecule has 1 aromatic heterocycles. The van der Waals surface area contributed by atoms with Gasteiger partial charge in [-0.2, -0.15) is 0 Å². The molecule has 0 saturated carbocycles. The fourth-order valence-electron chi connectivity index (χ4n) is 2.93. The van der Waals surface area contributed by atoms with Crippen LogP contribution in [-0.2, 0) is 0 Å². The molecule has 0 bridgehead atoms. The summed E-state index contributed by atoms with van der Waals surface area (Å²) in [7, 11) is 0. The standard InChI is InChI=1S/C20H22N2/c1-5-6-14(3)17-11-18(16-9-7-13(2)8-10-16)22-20-19(17)15(4)12-21-20/h7-11H,3,5-6,12H2,1-2,4H3. The average Bonchev–Trinajstić information content (AvgIpc) is 2.89. The number of pyridine rings is 1. The van der Waals surface area contributed by atoms with Crippen LogP contribution in [0.25, 0.3) is 22.4 Å². The number of fused-ring (bicyclic) bond motifs is 1. The Morgan fingerprint density at radius 1 is 1.18 bits per heavy atom. The van der Waals surface area contributed by atoms with E-state index in [1.165, 1.54) is 27.5 Å². The maximum absolute atomic E-state index is 4.78. The first-order valence-electron chi connectivity index (χ1n) is 7.90. The van der Waals surface area contributed by atoms with E-state index in [1.54, 1.807) is 0 Å². The number of benzene rings is 1. The minimum absolute atomic E-state index is 0.756. The van der Waals surface area contributed by atoms with E-state index in [0.717, 1.165) is 36.1 Å². The minimum atomic E-state index is 0.756. The van der Waals surface area contributed by atoms with Gasteiger partial charge in [-0.05, 0) is 43.0 Å². The van der Waals surface area contributed by atoms with Crippen LogP contribution in [0, 0.1) is 6.92 Å². The second-order valence-electron chi connectivity index (χ2n) is 6.07. The molecule has 0 amide bonds. The van der Waals surface area contributed by atoms with Crippen molar-refractivity contribution < 1.29 is 0 Å². The summed E-state index contributed by atoms with van der Waals surface area (Å²) in [5.41, 5.74) is 7.97. The van der Waals surface area contributed by atoms with Crippen molar-refractivity contribution in [3.63, 3.8) is 0 Å². The van der Waals surface area contributed by atoms with Gasteiger partial charge in [-0.1, -0.05) is 49.8 Å². The Morgan fingerprint density at radius 3 is 2.59 bits per heavy atom. The van der Waals surface area contributed by atoms with E-state index in [-0.39, 0.29) is 0 Å².